The van der Waals surface area contributed by atoms with Gasteiger partial charge in [0, 0.05) is 24.5 Å². The van der Waals surface area contributed by atoms with Crippen molar-refractivity contribution >= 4 is 27.3 Å². The van der Waals surface area contributed by atoms with Gasteiger partial charge in [-0.2, -0.15) is 0 Å². The molecule has 0 saturated heterocycles. The van der Waals surface area contributed by atoms with Crippen LogP contribution < -0.4 is 15.4 Å². The molecule has 0 saturated carbocycles. The van der Waals surface area contributed by atoms with E-state index in [9.17, 15) is 8.42 Å². The SMILES string of the molecule is CCNC(=NCc1cccs1)NCCS(=O)(=O)NCc1ccccc1. The Morgan fingerprint density at radius 2 is 1.92 bits per heavy atom. The van der Waals surface area contributed by atoms with Crippen molar-refractivity contribution in [2.75, 3.05) is 18.8 Å². The fourth-order valence-corrected chi connectivity index (χ4v) is 3.60. The molecule has 0 aliphatic heterocycles. The van der Waals surface area contributed by atoms with Crippen molar-refractivity contribution in [1.82, 2.24) is 15.4 Å². The second-order valence-electron chi connectivity index (χ2n) is 5.33. The molecule has 3 N–H and O–H groups in total. The number of rotatable bonds is 9. The summed E-state index contributed by atoms with van der Waals surface area (Å²) in [5.74, 6) is 0.609. The van der Waals surface area contributed by atoms with E-state index in [2.05, 4.69) is 20.3 Å². The Bertz CT molecular complexity index is 744. The maximum absolute atomic E-state index is 12.1. The lowest BCUT2D eigenvalue weighted by Crippen LogP contribution is -2.41. The molecule has 2 rings (SSSR count). The van der Waals surface area contributed by atoms with Crippen LogP contribution >= 0.6 is 11.3 Å². The monoisotopic (exact) mass is 380 g/mol. The summed E-state index contributed by atoms with van der Waals surface area (Å²) in [5, 5.41) is 8.19. The highest BCUT2D eigenvalue weighted by Crippen LogP contribution is 2.09. The number of thiophene rings is 1. The van der Waals surface area contributed by atoms with Crippen molar-refractivity contribution < 1.29 is 8.42 Å². The summed E-state index contributed by atoms with van der Waals surface area (Å²) in [5.41, 5.74) is 0.935. The highest BCUT2D eigenvalue weighted by Gasteiger charge is 2.10. The molecule has 0 radical (unpaired) electrons. The number of hydrogen-bond donors (Lipinski definition) is 3. The van der Waals surface area contributed by atoms with Gasteiger partial charge in [-0.15, -0.1) is 11.3 Å². The number of aliphatic imine (C=N–C) groups is 1. The minimum Gasteiger partial charge on any atom is -0.357 e. The maximum atomic E-state index is 12.1. The molecule has 0 spiro atoms. The van der Waals surface area contributed by atoms with Crippen LogP contribution in [0, 0.1) is 0 Å². The van der Waals surface area contributed by atoms with E-state index in [0.717, 1.165) is 17.0 Å². The molecule has 0 aliphatic rings. The van der Waals surface area contributed by atoms with E-state index in [1.54, 1.807) is 11.3 Å². The third kappa shape index (κ3) is 7.68. The number of nitrogens with zero attached hydrogens (tertiary/aromatic N) is 1. The predicted molar refractivity (Wildman–Crippen MR) is 104 cm³/mol. The molecule has 0 fully saturated rings. The molecule has 1 heterocycles. The molecule has 0 aliphatic carbocycles. The molecular formula is C17H24N4O2S2. The molecule has 0 unspecified atom stereocenters. The lowest BCUT2D eigenvalue weighted by Gasteiger charge is -2.12. The van der Waals surface area contributed by atoms with Crippen LogP contribution in [-0.2, 0) is 23.1 Å². The van der Waals surface area contributed by atoms with Gasteiger partial charge in [0.1, 0.15) is 0 Å². The van der Waals surface area contributed by atoms with E-state index in [0.29, 0.717) is 25.6 Å². The fraction of sp³-hybridized carbons (Fsp3) is 0.353. The zero-order valence-corrected chi connectivity index (χ0v) is 15.9. The van der Waals surface area contributed by atoms with Crippen LogP contribution in [0.25, 0.3) is 0 Å². The first-order valence-corrected chi connectivity index (χ1v) is 10.7. The summed E-state index contributed by atoms with van der Waals surface area (Å²) < 4.78 is 26.8. The van der Waals surface area contributed by atoms with Gasteiger partial charge in [0.25, 0.3) is 0 Å². The molecule has 0 atom stereocenters. The second-order valence-corrected chi connectivity index (χ2v) is 8.29. The first-order chi connectivity index (χ1) is 12.1. The van der Waals surface area contributed by atoms with E-state index in [4.69, 9.17) is 0 Å². The van der Waals surface area contributed by atoms with Gasteiger partial charge >= 0.3 is 0 Å². The summed E-state index contributed by atoms with van der Waals surface area (Å²) in [4.78, 5) is 5.62. The van der Waals surface area contributed by atoms with Crippen molar-refractivity contribution in [3.63, 3.8) is 0 Å². The fourth-order valence-electron chi connectivity index (χ4n) is 2.07. The Hall–Kier alpha value is -1.90. The molecule has 0 bridgehead atoms. The second kappa shape index (κ2) is 10.2. The Labute approximate surface area is 153 Å². The Morgan fingerprint density at radius 3 is 2.60 bits per heavy atom. The zero-order chi connectivity index (χ0) is 18.0. The summed E-state index contributed by atoms with van der Waals surface area (Å²) in [6.07, 6.45) is 0. The quantitative estimate of drug-likeness (QED) is 0.458. The van der Waals surface area contributed by atoms with E-state index in [-0.39, 0.29) is 5.75 Å². The first kappa shape index (κ1) is 19.4. The zero-order valence-electron chi connectivity index (χ0n) is 14.2. The Balaban J connectivity index is 1.78. The largest absolute Gasteiger partial charge is 0.357 e. The minimum absolute atomic E-state index is 0.0107. The van der Waals surface area contributed by atoms with Crippen LogP contribution in [0.4, 0.5) is 0 Å². The lowest BCUT2D eigenvalue weighted by atomic mass is 10.2. The third-order valence-electron chi connectivity index (χ3n) is 3.32. The van der Waals surface area contributed by atoms with Crippen molar-refractivity contribution in [2.24, 2.45) is 4.99 Å². The highest BCUT2D eigenvalue weighted by molar-refractivity contribution is 7.89. The van der Waals surface area contributed by atoms with Gasteiger partial charge in [-0.25, -0.2) is 18.1 Å². The summed E-state index contributed by atoms with van der Waals surface area (Å²) >= 11 is 1.65. The smallest absolute Gasteiger partial charge is 0.213 e. The number of benzene rings is 1. The summed E-state index contributed by atoms with van der Waals surface area (Å²) in [7, 11) is -3.34. The van der Waals surface area contributed by atoms with Gasteiger partial charge in [-0.1, -0.05) is 36.4 Å². The van der Waals surface area contributed by atoms with E-state index in [1.165, 1.54) is 0 Å². The minimum atomic E-state index is -3.34. The number of nitrogens with one attached hydrogen (secondary N) is 3. The summed E-state index contributed by atoms with van der Waals surface area (Å²) in [6, 6.07) is 13.5. The van der Waals surface area contributed by atoms with Crippen molar-refractivity contribution in [2.45, 2.75) is 20.0 Å². The number of guanidine groups is 1. The van der Waals surface area contributed by atoms with Crippen LogP contribution in [0.1, 0.15) is 17.4 Å². The van der Waals surface area contributed by atoms with Gasteiger partial charge in [0.2, 0.25) is 10.0 Å². The molecule has 6 nitrogen and oxygen atoms in total. The van der Waals surface area contributed by atoms with Crippen LogP contribution in [0.2, 0.25) is 0 Å². The van der Waals surface area contributed by atoms with Crippen molar-refractivity contribution in [1.29, 1.82) is 0 Å². The number of hydrogen-bond acceptors (Lipinski definition) is 4. The molecule has 8 heteroatoms. The lowest BCUT2D eigenvalue weighted by molar-refractivity contribution is 0.580. The van der Waals surface area contributed by atoms with Gasteiger partial charge in [0.15, 0.2) is 5.96 Å². The van der Waals surface area contributed by atoms with Crippen LogP contribution in [0.3, 0.4) is 0 Å². The first-order valence-electron chi connectivity index (χ1n) is 8.15. The topological polar surface area (TPSA) is 82.6 Å². The molecule has 25 heavy (non-hydrogen) atoms. The maximum Gasteiger partial charge on any atom is 0.213 e. The average Bonchev–Trinajstić information content (AvgIpc) is 3.12. The van der Waals surface area contributed by atoms with Crippen LogP contribution in [0.15, 0.2) is 52.8 Å². The van der Waals surface area contributed by atoms with E-state index in [1.807, 2.05) is 54.8 Å². The average molecular weight is 381 g/mol. The van der Waals surface area contributed by atoms with Crippen LogP contribution in [0.5, 0.6) is 0 Å². The number of sulfonamides is 1. The Morgan fingerprint density at radius 1 is 1.12 bits per heavy atom. The molecule has 0 amide bonds. The Kier molecular flexibility index (Phi) is 7.90. The van der Waals surface area contributed by atoms with Crippen molar-refractivity contribution in [3.8, 4) is 0 Å². The van der Waals surface area contributed by atoms with E-state index < -0.39 is 10.0 Å². The normalized spacial score (nSPS) is 12.1. The summed E-state index contributed by atoms with van der Waals surface area (Å²) in [6.45, 7) is 3.86. The molecule has 1 aromatic heterocycles. The van der Waals surface area contributed by atoms with Gasteiger partial charge in [0.05, 0.1) is 12.3 Å². The standard InChI is InChI=1S/C17H24N4O2S2/c1-2-18-17(20-14-16-9-6-11-24-16)19-10-12-25(22,23)21-13-15-7-4-3-5-8-15/h3-9,11,21H,2,10,12-14H2,1H3,(H2,18,19,20). The molecular weight excluding hydrogens is 356 g/mol. The molecule has 2 aromatic rings. The molecule has 136 valence electrons. The van der Waals surface area contributed by atoms with Gasteiger partial charge < -0.3 is 10.6 Å². The molecule has 1 aromatic carbocycles. The van der Waals surface area contributed by atoms with Crippen molar-refractivity contribution in [3.05, 3.63) is 58.3 Å². The van der Waals surface area contributed by atoms with Gasteiger partial charge in [-0.05, 0) is 23.9 Å². The highest BCUT2D eigenvalue weighted by atomic mass is 32.2. The van der Waals surface area contributed by atoms with Crippen LogP contribution in [-0.4, -0.2) is 33.2 Å². The van der Waals surface area contributed by atoms with Gasteiger partial charge in [-0.3, -0.25) is 0 Å². The predicted octanol–water partition coefficient (Wildman–Crippen LogP) is 1.92. The van der Waals surface area contributed by atoms with E-state index >= 15 is 0 Å². The third-order valence-corrected chi connectivity index (χ3v) is 5.51.